The molecule has 0 fully saturated rings. The number of fused-ring (bicyclic) bond motifs is 1. The highest BCUT2D eigenvalue weighted by atomic mass is 16.3. The van der Waals surface area contributed by atoms with Crippen molar-refractivity contribution in [2.75, 3.05) is 6.54 Å². The summed E-state index contributed by atoms with van der Waals surface area (Å²) < 4.78 is 0. The van der Waals surface area contributed by atoms with Gasteiger partial charge in [-0.15, -0.1) is 0 Å². The van der Waals surface area contributed by atoms with Crippen molar-refractivity contribution < 1.29 is 9.90 Å². The number of aromatic amines is 1. The van der Waals surface area contributed by atoms with E-state index in [0.717, 1.165) is 17.3 Å². The van der Waals surface area contributed by atoms with E-state index in [4.69, 9.17) is 0 Å². The van der Waals surface area contributed by atoms with Crippen molar-refractivity contribution >= 4 is 16.8 Å². The monoisotopic (exact) mass is 275 g/mol. The highest BCUT2D eigenvalue weighted by Gasteiger charge is 2.27. The fraction of sp³-hybridized carbons (Fsp3) is 0.467. The molecule has 108 valence electrons. The van der Waals surface area contributed by atoms with E-state index in [1.165, 1.54) is 0 Å². The lowest BCUT2D eigenvalue weighted by Crippen LogP contribution is -2.45. The number of rotatable bonds is 5. The Bertz CT molecular complexity index is 604. The van der Waals surface area contributed by atoms with Crippen molar-refractivity contribution in [3.05, 3.63) is 30.0 Å². The van der Waals surface area contributed by atoms with Crippen molar-refractivity contribution in [3.63, 3.8) is 0 Å². The van der Waals surface area contributed by atoms with Crippen LogP contribution in [0.3, 0.4) is 0 Å². The zero-order chi connectivity index (χ0) is 14.8. The van der Waals surface area contributed by atoms with Crippen LogP contribution in [0, 0.1) is 5.92 Å². The van der Waals surface area contributed by atoms with Crippen LogP contribution in [0.2, 0.25) is 0 Å². The topological polar surface area (TPSA) is 78.0 Å². The molecule has 1 heterocycles. The SMILES string of the molecule is CCC(C)C(C)(O)CNC(=O)c1ccc2[nH]ncc2c1. The van der Waals surface area contributed by atoms with Gasteiger partial charge in [0.2, 0.25) is 0 Å². The van der Waals surface area contributed by atoms with E-state index in [1.54, 1.807) is 25.3 Å². The van der Waals surface area contributed by atoms with Gasteiger partial charge in [-0.2, -0.15) is 5.10 Å². The van der Waals surface area contributed by atoms with Crippen molar-refractivity contribution in [2.24, 2.45) is 5.92 Å². The zero-order valence-electron chi connectivity index (χ0n) is 12.1. The van der Waals surface area contributed by atoms with Gasteiger partial charge in [0.05, 0.1) is 17.3 Å². The molecule has 0 aliphatic carbocycles. The molecule has 5 nitrogen and oxygen atoms in total. The molecule has 2 rings (SSSR count). The van der Waals surface area contributed by atoms with Gasteiger partial charge in [-0.1, -0.05) is 20.3 Å². The molecule has 0 saturated heterocycles. The van der Waals surface area contributed by atoms with Crippen LogP contribution in [-0.4, -0.2) is 33.4 Å². The number of aliphatic hydroxyl groups is 1. The normalized spacial score (nSPS) is 15.8. The molecule has 20 heavy (non-hydrogen) atoms. The molecule has 2 unspecified atom stereocenters. The first-order chi connectivity index (χ1) is 9.44. The summed E-state index contributed by atoms with van der Waals surface area (Å²) in [5.41, 5.74) is 0.566. The third-order valence-corrected chi connectivity index (χ3v) is 3.98. The summed E-state index contributed by atoms with van der Waals surface area (Å²) in [4.78, 5) is 12.1. The van der Waals surface area contributed by atoms with Crippen LogP contribution >= 0.6 is 0 Å². The standard InChI is InChI=1S/C15H21N3O2/c1-4-10(2)15(3,20)9-16-14(19)11-5-6-13-12(7-11)8-17-18-13/h5-8,10,20H,4,9H2,1-3H3,(H,16,19)(H,17,18). The number of aromatic nitrogens is 2. The first-order valence-corrected chi connectivity index (χ1v) is 6.87. The molecule has 0 radical (unpaired) electrons. The van der Waals surface area contributed by atoms with Crippen LogP contribution < -0.4 is 5.32 Å². The van der Waals surface area contributed by atoms with E-state index in [1.807, 2.05) is 19.9 Å². The van der Waals surface area contributed by atoms with Crippen molar-refractivity contribution in [1.29, 1.82) is 0 Å². The lowest BCUT2D eigenvalue weighted by atomic mass is 9.88. The summed E-state index contributed by atoms with van der Waals surface area (Å²) in [6.07, 6.45) is 2.55. The molecule has 0 saturated carbocycles. The van der Waals surface area contributed by atoms with Gasteiger partial charge in [-0.3, -0.25) is 9.89 Å². The number of hydrogen-bond donors (Lipinski definition) is 3. The number of benzene rings is 1. The van der Waals surface area contributed by atoms with E-state index in [0.29, 0.717) is 5.56 Å². The summed E-state index contributed by atoms with van der Waals surface area (Å²) in [7, 11) is 0. The van der Waals surface area contributed by atoms with Crippen LogP contribution in [0.5, 0.6) is 0 Å². The average Bonchev–Trinajstić information content (AvgIpc) is 2.91. The van der Waals surface area contributed by atoms with E-state index in [2.05, 4.69) is 15.5 Å². The lowest BCUT2D eigenvalue weighted by Gasteiger charge is -2.29. The zero-order valence-corrected chi connectivity index (χ0v) is 12.1. The van der Waals surface area contributed by atoms with Crippen LogP contribution in [0.15, 0.2) is 24.4 Å². The molecule has 1 aromatic heterocycles. The number of carbonyl (C=O) groups excluding carboxylic acids is 1. The van der Waals surface area contributed by atoms with Crippen LogP contribution in [0.25, 0.3) is 10.9 Å². The summed E-state index contributed by atoms with van der Waals surface area (Å²) in [6.45, 7) is 5.99. The third-order valence-electron chi connectivity index (χ3n) is 3.98. The molecular formula is C15H21N3O2. The maximum absolute atomic E-state index is 12.1. The lowest BCUT2D eigenvalue weighted by molar-refractivity contribution is 0.00593. The predicted octanol–water partition coefficient (Wildman–Crippen LogP) is 2.09. The van der Waals surface area contributed by atoms with Crippen molar-refractivity contribution in [3.8, 4) is 0 Å². The summed E-state index contributed by atoms with van der Waals surface area (Å²) in [6, 6.07) is 5.35. The van der Waals surface area contributed by atoms with Gasteiger partial charge < -0.3 is 10.4 Å². The van der Waals surface area contributed by atoms with Crippen molar-refractivity contribution in [2.45, 2.75) is 32.8 Å². The van der Waals surface area contributed by atoms with Gasteiger partial charge >= 0.3 is 0 Å². The Morgan fingerprint density at radius 3 is 3.00 bits per heavy atom. The highest BCUT2D eigenvalue weighted by molar-refractivity contribution is 5.97. The van der Waals surface area contributed by atoms with Gasteiger partial charge in [-0.25, -0.2) is 0 Å². The summed E-state index contributed by atoms with van der Waals surface area (Å²) in [5.74, 6) is -0.0594. The second kappa shape index (κ2) is 5.63. The largest absolute Gasteiger partial charge is 0.388 e. The maximum Gasteiger partial charge on any atom is 0.251 e. The molecular weight excluding hydrogens is 254 g/mol. The third kappa shape index (κ3) is 2.99. The average molecular weight is 275 g/mol. The van der Waals surface area contributed by atoms with Gasteiger partial charge in [0.15, 0.2) is 0 Å². The minimum Gasteiger partial charge on any atom is -0.388 e. The number of amides is 1. The van der Waals surface area contributed by atoms with Crippen molar-refractivity contribution in [1.82, 2.24) is 15.5 Å². The highest BCUT2D eigenvalue weighted by Crippen LogP contribution is 2.19. The molecule has 0 aliphatic heterocycles. The second-order valence-electron chi connectivity index (χ2n) is 5.52. The summed E-state index contributed by atoms with van der Waals surface area (Å²) >= 11 is 0. The van der Waals surface area contributed by atoms with Crippen LogP contribution in [0.4, 0.5) is 0 Å². The number of nitrogens with zero attached hydrogens (tertiary/aromatic N) is 1. The minimum absolute atomic E-state index is 0.124. The van der Waals surface area contributed by atoms with Gasteiger partial charge in [0, 0.05) is 17.5 Å². The Labute approximate surface area is 118 Å². The number of carbonyl (C=O) groups is 1. The predicted molar refractivity (Wildman–Crippen MR) is 78.5 cm³/mol. The van der Waals surface area contributed by atoms with Gasteiger partial charge in [0.25, 0.3) is 5.91 Å². The first kappa shape index (κ1) is 14.5. The Morgan fingerprint density at radius 2 is 2.30 bits per heavy atom. The molecule has 0 spiro atoms. The van der Waals surface area contributed by atoms with E-state index in [-0.39, 0.29) is 18.4 Å². The molecule has 3 N–H and O–H groups in total. The fourth-order valence-corrected chi connectivity index (χ4v) is 2.06. The van der Waals surface area contributed by atoms with Crippen LogP contribution in [0.1, 0.15) is 37.6 Å². The Kier molecular flexibility index (Phi) is 4.09. The van der Waals surface area contributed by atoms with E-state index < -0.39 is 5.60 Å². The molecule has 2 atom stereocenters. The molecule has 1 aromatic carbocycles. The second-order valence-corrected chi connectivity index (χ2v) is 5.52. The van der Waals surface area contributed by atoms with Crippen LogP contribution in [-0.2, 0) is 0 Å². The molecule has 5 heteroatoms. The summed E-state index contributed by atoms with van der Waals surface area (Å²) in [5, 5.41) is 20.7. The first-order valence-electron chi connectivity index (χ1n) is 6.87. The Balaban J connectivity index is 2.04. The molecule has 2 aromatic rings. The molecule has 1 amide bonds. The van der Waals surface area contributed by atoms with E-state index in [9.17, 15) is 9.90 Å². The Morgan fingerprint density at radius 1 is 1.55 bits per heavy atom. The van der Waals surface area contributed by atoms with Gasteiger partial charge in [0.1, 0.15) is 0 Å². The maximum atomic E-state index is 12.1. The number of H-pyrrole nitrogens is 1. The van der Waals surface area contributed by atoms with E-state index >= 15 is 0 Å². The molecule has 0 aliphatic rings. The fourth-order valence-electron chi connectivity index (χ4n) is 2.06. The quantitative estimate of drug-likeness (QED) is 0.782. The minimum atomic E-state index is -0.899. The smallest absolute Gasteiger partial charge is 0.251 e. The Hall–Kier alpha value is -1.88. The molecule has 0 bridgehead atoms. The number of hydrogen-bond acceptors (Lipinski definition) is 3. The number of nitrogens with one attached hydrogen (secondary N) is 2. The van der Waals surface area contributed by atoms with Gasteiger partial charge in [-0.05, 0) is 31.0 Å².